The Balaban J connectivity index is 1.87. The zero-order valence-electron chi connectivity index (χ0n) is 13.2. The van der Waals surface area contributed by atoms with Crippen molar-refractivity contribution in [1.82, 2.24) is 4.98 Å². The average molecular weight is 329 g/mol. The van der Waals surface area contributed by atoms with Gasteiger partial charge in [0.05, 0.1) is 0 Å². The molecule has 0 unspecified atom stereocenters. The maximum atomic E-state index is 12.5. The number of fused-ring (bicyclic) bond motifs is 1. The number of esters is 1. The Morgan fingerprint density at radius 2 is 2.30 bits per heavy atom. The van der Waals surface area contributed by atoms with Crippen molar-refractivity contribution in [3.8, 4) is 0 Å². The molecule has 0 amide bonds. The van der Waals surface area contributed by atoms with Gasteiger partial charge in [-0.2, -0.15) is 0 Å². The summed E-state index contributed by atoms with van der Waals surface area (Å²) >= 11 is 1.67. The first-order valence-corrected chi connectivity index (χ1v) is 8.56. The number of nitrogens with one attached hydrogen (secondary N) is 1. The Labute approximate surface area is 139 Å². The van der Waals surface area contributed by atoms with E-state index in [1.165, 1.54) is 4.88 Å². The third-order valence-corrected chi connectivity index (χ3v) is 5.22. The quantitative estimate of drug-likeness (QED) is 0.680. The largest absolute Gasteiger partial charge is 0.457 e. The van der Waals surface area contributed by atoms with Crippen molar-refractivity contribution in [2.24, 2.45) is 0 Å². The number of hydrogen-bond acceptors (Lipinski definition) is 4. The highest BCUT2D eigenvalue weighted by Gasteiger charge is 2.32. The lowest BCUT2D eigenvalue weighted by Crippen LogP contribution is -2.17. The fourth-order valence-electron chi connectivity index (χ4n) is 3.05. The molecular formula is C18H19NO3S. The van der Waals surface area contributed by atoms with Gasteiger partial charge in [0.1, 0.15) is 12.3 Å². The van der Waals surface area contributed by atoms with Crippen molar-refractivity contribution in [2.75, 3.05) is 6.61 Å². The van der Waals surface area contributed by atoms with Crippen molar-refractivity contribution < 1.29 is 14.3 Å². The van der Waals surface area contributed by atoms with Crippen LogP contribution in [0.15, 0.2) is 29.7 Å². The van der Waals surface area contributed by atoms with E-state index >= 15 is 0 Å². The third-order valence-electron chi connectivity index (χ3n) is 4.18. The molecule has 0 saturated heterocycles. The molecular weight excluding hydrogens is 310 g/mol. The van der Waals surface area contributed by atoms with Gasteiger partial charge in [-0.3, -0.25) is 4.79 Å². The standard InChI is InChI=1S/C18H19NO3S/c1-3-4-7-22-18(21)17-11(2)16-13(19-17)9-12(10-14(16)20)15-6-5-8-23-15/h3-6,8,12,19H,7,9-10H2,1-2H3/b4-3+/t12-/m0/s1. The molecule has 2 aromatic rings. The van der Waals surface area contributed by atoms with Gasteiger partial charge < -0.3 is 9.72 Å². The number of ketones is 1. The molecule has 0 bridgehead atoms. The molecule has 0 spiro atoms. The number of aromatic nitrogens is 1. The van der Waals surface area contributed by atoms with E-state index in [0.717, 1.165) is 12.1 Å². The maximum absolute atomic E-state index is 12.5. The molecule has 0 radical (unpaired) electrons. The first-order chi connectivity index (χ1) is 11.1. The van der Waals surface area contributed by atoms with E-state index in [1.807, 2.05) is 31.4 Å². The normalized spacial score (nSPS) is 17.5. The van der Waals surface area contributed by atoms with Crippen LogP contribution in [0.25, 0.3) is 0 Å². The molecule has 2 heterocycles. The number of H-pyrrole nitrogens is 1. The Hall–Kier alpha value is -2.14. The van der Waals surface area contributed by atoms with Crippen molar-refractivity contribution in [3.05, 3.63) is 57.1 Å². The van der Waals surface area contributed by atoms with Crippen LogP contribution >= 0.6 is 11.3 Å². The molecule has 120 valence electrons. The highest BCUT2D eigenvalue weighted by Crippen LogP contribution is 2.36. The molecule has 1 atom stereocenters. The lowest BCUT2D eigenvalue weighted by Gasteiger charge is -2.20. The second-order valence-electron chi connectivity index (χ2n) is 5.69. The minimum absolute atomic E-state index is 0.103. The second kappa shape index (κ2) is 6.54. The first kappa shape index (κ1) is 15.7. The van der Waals surface area contributed by atoms with Crippen LogP contribution in [-0.4, -0.2) is 23.3 Å². The molecule has 3 rings (SSSR count). The fourth-order valence-corrected chi connectivity index (χ4v) is 3.88. The van der Waals surface area contributed by atoms with Gasteiger partial charge in [0.15, 0.2) is 5.78 Å². The van der Waals surface area contributed by atoms with E-state index in [2.05, 4.69) is 11.1 Å². The van der Waals surface area contributed by atoms with E-state index in [1.54, 1.807) is 17.4 Å². The summed E-state index contributed by atoms with van der Waals surface area (Å²) in [5.74, 6) is -0.110. The minimum Gasteiger partial charge on any atom is -0.457 e. The zero-order valence-corrected chi connectivity index (χ0v) is 14.0. The van der Waals surface area contributed by atoms with Gasteiger partial charge in [0, 0.05) is 28.5 Å². The summed E-state index contributed by atoms with van der Waals surface area (Å²) in [6.07, 6.45) is 4.85. The van der Waals surface area contributed by atoms with E-state index in [-0.39, 0.29) is 18.3 Å². The van der Waals surface area contributed by atoms with Crippen LogP contribution in [0.1, 0.15) is 56.2 Å². The molecule has 23 heavy (non-hydrogen) atoms. The van der Waals surface area contributed by atoms with Gasteiger partial charge in [-0.1, -0.05) is 18.2 Å². The monoisotopic (exact) mass is 329 g/mol. The summed E-state index contributed by atoms with van der Waals surface area (Å²) in [5, 5.41) is 2.03. The molecule has 0 aliphatic heterocycles. The lowest BCUT2D eigenvalue weighted by atomic mass is 9.84. The molecule has 1 aliphatic rings. The Bertz CT molecular complexity index is 756. The number of aromatic amines is 1. The van der Waals surface area contributed by atoms with Crippen LogP contribution in [-0.2, 0) is 11.2 Å². The Morgan fingerprint density at radius 3 is 3.00 bits per heavy atom. The summed E-state index contributed by atoms with van der Waals surface area (Å²) in [7, 11) is 0. The van der Waals surface area contributed by atoms with Crippen LogP contribution in [0.4, 0.5) is 0 Å². The molecule has 0 saturated carbocycles. The number of thiophene rings is 1. The SMILES string of the molecule is C/C=C/COC(=O)c1[nH]c2c(c1C)C(=O)C[C@@H](c1cccs1)C2. The smallest absolute Gasteiger partial charge is 0.355 e. The van der Waals surface area contributed by atoms with Crippen LogP contribution in [0.5, 0.6) is 0 Å². The van der Waals surface area contributed by atoms with Crippen molar-refractivity contribution in [2.45, 2.75) is 32.6 Å². The van der Waals surface area contributed by atoms with Crippen LogP contribution in [0.2, 0.25) is 0 Å². The summed E-state index contributed by atoms with van der Waals surface area (Å²) in [5.41, 5.74) is 2.64. The molecule has 1 aliphatic carbocycles. The van der Waals surface area contributed by atoms with Crippen molar-refractivity contribution in [1.29, 1.82) is 0 Å². The van der Waals surface area contributed by atoms with Gasteiger partial charge >= 0.3 is 5.97 Å². The predicted octanol–water partition coefficient (Wildman–Crippen LogP) is 4.03. The minimum atomic E-state index is -0.407. The van der Waals surface area contributed by atoms with E-state index < -0.39 is 5.97 Å². The maximum Gasteiger partial charge on any atom is 0.355 e. The molecule has 0 fully saturated rings. The lowest BCUT2D eigenvalue weighted by molar-refractivity contribution is 0.0542. The van der Waals surface area contributed by atoms with E-state index in [4.69, 9.17) is 4.74 Å². The van der Waals surface area contributed by atoms with E-state index in [9.17, 15) is 9.59 Å². The van der Waals surface area contributed by atoms with Crippen molar-refractivity contribution >= 4 is 23.1 Å². The number of hydrogen-bond donors (Lipinski definition) is 1. The molecule has 2 aromatic heterocycles. The summed E-state index contributed by atoms with van der Waals surface area (Å²) in [6, 6.07) is 4.07. The van der Waals surface area contributed by atoms with E-state index in [0.29, 0.717) is 23.2 Å². The summed E-state index contributed by atoms with van der Waals surface area (Å²) in [4.78, 5) is 29.1. The molecule has 5 heteroatoms. The number of carbonyl (C=O) groups excluding carboxylic acids is 2. The Morgan fingerprint density at radius 1 is 1.48 bits per heavy atom. The summed E-state index contributed by atoms with van der Waals surface area (Å²) < 4.78 is 5.20. The van der Waals surface area contributed by atoms with Crippen LogP contribution in [0, 0.1) is 6.92 Å². The van der Waals surface area contributed by atoms with Gasteiger partial charge in [0.2, 0.25) is 0 Å². The Kier molecular flexibility index (Phi) is 4.48. The van der Waals surface area contributed by atoms with Crippen molar-refractivity contribution in [3.63, 3.8) is 0 Å². The number of carbonyl (C=O) groups is 2. The molecule has 4 nitrogen and oxygen atoms in total. The van der Waals surface area contributed by atoms with Gasteiger partial charge in [0.25, 0.3) is 0 Å². The van der Waals surface area contributed by atoms with Crippen LogP contribution in [0.3, 0.4) is 0 Å². The average Bonchev–Trinajstić information content (AvgIpc) is 3.15. The highest BCUT2D eigenvalue weighted by atomic mass is 32.1. The highest BCUT2D eigenvalue weighted by molar-refractivity contribution is 7.10. The number of Topliss-reactive ketones (excluding diaryl/α,β-unsaturated/α-hetero) is 1. The summed E-state index contributed by atoms with van der Waals surface area (Å²) in [6.45, 7) is 3.92. The second-order valence-corrected chi connectivity index (χ2v) is 6.67. The number of ether oxygens (including phenoxy) is 1. The fraction of sp³-hybridized carbons (Fsp3) is 0.333. The van der Waals surface area contributed by atoms with Crippen LogP contribution < -0.4 is 0 Å². The zero-order chi connectivity index (χ0) is 16.4. The number of rotatable bonds is 4. The molecule has 0 aromatic carbocycles. The first-order valence-electron chi connectivity index (χ1n) is 7.68. The molecule has 1 N–H and O–H groups in total. The van der Waals surface area contributed by atoms with Gasteiger partial charge in [-0.15, -0.1) is 11.3 Å². The topological polar surface area (TPSA) is 59.2 Å². The number of allylic oxidation sites excluding steroid dienone is 1. The third kappa shape index (κ3) is 3.01. The van der Waals surface area contributed by atoms with Gasteiger partial charge in [-0.05, 0) is 37.3 Å². The predicted molar refractivity (Wildman–Crippen MR) is 90.3 cm³/mol. The van der Waals surface area contributed by atoms with Gasteiger partial charge in [-0.25, -0.2) is 4.79 Å².